The molecule has 0 aliphatic rings. The number of amides is 1. The van der Waals surface area contributed by atoms with Gasteiger partial charge in [0.2, 0.25) is 5.95 Å². The van der Waals surface area contributed by atoms with Gasteiger partial charge in [0, 0.05) is 15.6 Å². The molecule has 8 heteroatoms. The summed E-state index contributed by atoms with van der Waals surface area (Å²) in [5.74, 6) is -0.211. The summed E-state index contributed by atoms with van der Waals surface area (Å²) >= 11 is 18.3. The van der Waals surface area contributed by atoms with Crippen molar-refractivity contribution in [3.05, 3.63) is 75.0 Å². The standard InChI is InChI=1S/C16H11Cl3N4O/c17-12-5-2-1-4-10(12)15(24)21-16-20-9-23(22-16)8-11-13(18)6-3-7-14(11)19/h1-7,9H,8H2,(H,21,22,24). The zero-order valence-electron chi connectivity index (χ0n) is 12.2. The molecule has 0 radical (unpaired) electrons. The molecule has 0 saturated carbocycles. The van der Waals surface area contributed by atoms with Gasteiger partial charge in [0.25, 0.3) is 5.91 Å². The highest BCUT2D eigenvalue weighted by Crippen LogP contribution is 2.25. The number of rotatable bonds is 4. The highest BCUT2D eigenvalue weighted by atomic mass is 35.5. The zero-order chi connectivity index (χ0) is 17.1. The summed E-state index contributed by atoms with van der Waals surface area (Å²) in [5, 5.41) is 8.24. The van der Waals surface area contributed by atoms with Crippen LogP contribution in [0.25, 0.3) is 0 Å². The fraction of sp³-hybridized carbons (Fsp3) is 0.0625. The van der Waals surface area contributed by atoms with E-state index in [2.05, 4.69) is 15.4 Å². The quantitative estimate of drug-likeness (QED) is 0.722. The second-order valence-corrected chi connectivity index (χ2v) is 6.12. The van der Waals surface area contributed by atoms with Gasteiger partial charge in [-0.3, -0.25) is 10.1 Å². The topological polar surface area (TPSA) is 59.8 Å². The number of nitrogens with one attached hydrogen (secondary N) is 1. The van der Waals surface area contributed by atoms with Crippen LogP contribution in [-0.4, -0.2) is 20.7 Å². The third-order valence-corrected chi connectivity index (χ3v) is 4.30. The molecule has 0 saturated heterocycles. The average molecular weight is 382 g/mol. The van der Waals surface area contributed by atoms with Gasteiger partial charge >= 0.3 is 0 Å². The van der Waals surface area contributed by atoms with Gasteiger partial charge < -0.3 is 0 Å². The summed E-state index contributed by atoms with van der Waals surface area (Å²) < 4.78 is 1.54. The van der Waals surface area contributed by atoms with Crippen molar-refractivity contribution in [3.63, 3.8) is 0 Å². The van der Waals surface area contributed by atoms with Crippen molar-refractivity contribution < 1.29 is 4.79 Å². The van der Waals surface area contributed by atoms with Gasteiger partial charge in [0.05, 0.1) is 17.1 Å². The number of anilines is 1. The number of hydrogen-bond donors (Lipinski definition) is 1. The van der Waals surface area contributed by atoms with E-state index in [0.717, 1.165) is 5.56 Å². The molecule has 0 bridgehead atoms. The normalized spacial score (nSPS) is 10.6. The van der Waals surface area contributed by atoms with Crippen molar-refractivity contribution in [2.45, 2.75) is 6.54 Å². The Labute approximate surface area is 153 Å². The third-order valence-electron chi connectivity index (χ3n) is 3.26. The number of aromatic nitrogens is 3. The van der Waals surface area contributed by atoms with Gasteiger partial charge in [-0.1, -0.05) is 53.0 Å². The molecular formula is C16H11Cl3N4O. The Morgan fingerprint density at radius 1 is 1.00 bits per heavy atom. The summed E-state index contributed by atoms with van der Waals surface area (Å²) in [5.41, 5.74) is 1.08. The number of hydrogen-bond acceptors (Lipinski definition) is 3. The molecule has 0 aliphatic heterocycles. The molecule has 1 amide bonds. The summed E-state index contributed by atoms with van der Waals surface area (Å²) in [7, 11) is 0. The Bertz CT molecular complexity index is 874. The summed E-state index contributed by atoms with van der Waals surface area (Å²) in [6, 6.07) is 12.0. The first-order valence-corrected chi connectivity index (χ1v) is 8.06. The molecule has 3 rings (SSSR count). The van der Waals surface area contributed by atoms with Crippen LogP contribution in [0, 0.1) is 0 Å². The molecule has 0 spiro atoms. The van der Waals surface area contributed by atoms with Crippen molar-refractivity contribution in [3.8, 4) is 0 Å². The number of carbonyl (C=O) groups is 1. The molecule has 1 N–H and O–H groups in total. The lowest BCUT2D eigenvalue weighted by Crippen LogP contribution is -2.14. The number of nitrogens with zero attached hydrogens (tertiary/aromatic N) is 3. The van der Waals surface area contributed by atoms with Crippen molar-refractivity contribution in [2.75, 3.05) is 5.32 Å². The van der Waals surface area contributed by atoms with Gasteiger partial charge in [-0.25, -0.2) is 9.67 Å². The van der Waals surface area contributed by atoms with Crippen LogP contribution in [0.3, 0.4) is 0 Å². The minimum absolute atomic E-state index is 0.170. The molecule has 1 aromatic heterocycles. The minimum Gasteiger partial charge on any atom is -0.289 e. The lowest BCUT2D eigenvalue weighted by molar-refractivity contribution is 0.102. The second-order valence-electron chi connectivity index (χ2n) is 4.90. The first-order valence-electron chi connectivity index (χ1n) is 6.93. The summed E-state index contributed by atoms with van der Waals surface area (Å²) in [6.07, 6.45) is 1.49. The SMILES string of the molecule is O=C(Nc1ncn(Cc2c(Cl)cccc2Cl)n1)c1ccccc1Cl. The maximum absolute atomic E-state index is 12.2. The van der Waals surface area contributed by atoms with Crippen LogP contribution < -0.4 is 5.32 Å². The van der Waals surface area contributed by atoms with Crippen LogP contribution >= 0.6 is 34.8 Å². The van der Waals surface area contributed by atoms with E-state index in [1.165, 1.54) is 11.0 Å². The molecule has 5 nitrogen and oxygen atoms in total. The van der Waals surface area contributed by atoms with E-state index >= 15 is 0 Å². The molecule has 0 unspecified atom stereocenters. The Balaban J connectivity index is 1.74. The highest BCUT2D eigenvalue weighted by molar-refractivity contribution is 6.36. The minimum atomic E-state index is -0.380. The Morgan fingerprint density at radius 3 is 2.38 bits per heavy atom. The van der Waals surface area contributed by atoms with Gasteiger partial charge in [-0.15, -0.1) is 5.10 Å². The van der Waals surface area contributed by atoms with Crippen LogP contribution in [0.4, 0.5) is 5.95 Å². The molecular weight excluding hydrogens is 371 g/mol. The molecule has 2 aromatic carbocycles. The summed E-state index contributed by atoms with van der Waals surface area (Å²) in [4.78, 5) is 16.2. The van der Waals surface area contributed by atoms with E-state index in [-0.39, 0.29) is 11.9 Å². The fourth-order valence-corrected chi connectivity index (χ4v) is 2.83. The molecule has 3 aromatic rings. The maximum atomic E-state index is 12.2. The fourth-order valence-electron chi connectivity index (χ4n) is 2.09. The van der Waals surface area contributed by atoms with E-state index in [9.17, 15) is 4.79 Å². The predicted molar refractivity (Wildman–Crippen MR) is 95.0 cm³/mol. The average Bonchev–Trinajstić information content (AvgIpc) is 2.98. The van der Waals surface area contributed by atoms with Crippen LogP contribution in [0.2, 0.25) is 15.1 Å². The molecule has 122 valence electrons. The van der Waals surface area contributed by atoms with Crippen LogP contribution in [0.1, 0.15) is 15.9 Å². The highest BCUT2D eigenvalue weighted by Gasteiger charge is 2.13. The molecule has 1 heterocycles. The van der Waals surface area contributed by atoms with Crippen molar-refractivity contribution in [2.24, 2.45) is 0 Å². The van der Waals surface area contributed by atoms with E-state index < -0.39 is 0 Å². The molecule has 0 fully saturated rings. The lowest BCUT2D eigenvalue weighted by atomic mass is 10.2. The zero-order valence-corrected chi connectivity index (χ0v) is 14.5. The van der Waals surface area contributed by atoms with E-state index in [0.29, 0.717) is 27.2 Å². The molecule has 24 heavy (non-hydrogen) atoms. The van der Waals surface area contributed by atoms with Crippen LogP contribution in [0.5, 0.6) is 0 Å². The lowest BCUT2D eigenvalue weighted by Gasteiger charge is -2.06. The van der Waals surface area contributed by atoms with Crippen molar-refractivity contribution >= 4 is 46.7 Å². The van der Waals surface area contributed by atoms with Crippen LogP contribution in [-0.2, 0) is 6.54 Å². The van der Waals surface area contributed by atoms with Crippen molar-refractivity contribution in [1.82, 2.24) is 14.8 Å². The Kier molecular flexibility index (Phi) is 5.04. The first kappa shape index (κ1) is 16.8. The van der Waals surface area contributed by atoms with Gasteiger partial charge in [0.1, 0.15) is 6.33 Å². The molecule has 0 atom stereocenters. The van der Waals surface area contributed by atoms with Gasteiger partial charge in [-0.05, 0) is 24.3 Å². The van der Waals surface area contributed by atoms with E-state index in [4.69, 9.17) is 34.8 Å². The molecule has 0 aliphatic carbocycles. The van der Waals surface area contributed by atoms with Gasteiger partial charge in [0.15, 0.2) is 0 Å². The largest absolute Gasteiger partial charge is 0.289 e. The Morgan fingerprint density at radius 2 is 1.67 bits per heavy atom. The number of benzene rings is 2. The third kappa shape index (κ3) is 3.70. The monoisotopic (exact) mass is 380 g/mol. The van der Waals surface area contributed by atoms with Gasteiger partial charge in [-0.2, -0.15) is 0 Å². The maximum Gasteiger partial charge on any atom is 0.259 e. The number of halogens is 3. The first-order chi connectivity index (χ1) is 11.5. The van der Waals surface area contributed by atoms with E-state index in [1.807, 2.05) is 0 Å². The van der Waals surface area contributed by atoms with Crippen LogP contribution in [0.15, 0.2) is 48.8 Å². The number of carbonyl (C=O) groups excluding carboxylic acids is 1. The summed E-state index contributed by atoms with van der Waals surface area (Å²) in [6.45, 7) is 0.341. The van der Waals surface area contributed by atoms with E-state index in [1.54, 1.807) is 42.5 Å². The predicted octanol–water partition coefficient (Wildman–Crippen LogP) is 4.54. The smallest absolute Gasteiger partial charge is 0.259 e. The second kappa shape index (κ2) is 7.21. The van der Waals surface area contributed by atoms with Crippen molar-refractivity contribution in [1.29, 1.82) is 0 Å². The Hall–Kier alpha value is -2.08.